The van der Waals surface area contributed by atoms with Gasteiger partial charge in [-0.15, -0.1) is 0 Å². The number of benzene rings is 2. The van der Waals surface area contributed by atoms with E-state index in [1.807, 2.05) is 30.3 Å². The van der Waals surface area contributed by atoms with Gasteiger partial charge in [0.1, 0.15) is 0 Å². The normalized spacial score (nSPS) is 9.90. The highest BCUT2D eigenvalue weighted by molar-refractivity contribution is 6.10. The zero-order chi connectivity index (χ0) is 14.5. The second-order valence-corrected chi connectivity index (χ2v) is 4.42. The van der Waals surface area contributed by atoms with Gasteiger partial charge in [-0.1, -0.05) is 30.3 Å². The first kappa shape index (κ1) is 13.8. The number of hydrogen-bond acceptors (Lipinski definition) is 2. The summed E-state index contributed by atoms with van der Waals surface area (Å²) in [5.41, 5.74) is 1.78. The standard InChI is InChI=1S/C16H16N2O2/c1-12(19)18(2)15-11-7-6-10-14(15)16(20)17-13-8-4-3-5-9-13/h3-11H,1-2H3,(H,17,20). The minimum absolute atomic E-state index is 0.120. The van der Waals surface area contributed by atoms with Crippen molar-refractivity contribution in [2.45, 2.75) is 6.92 Å². The third-order valence-corrected chi connectivity index (χ3v) is 3.01. The van der Waals surface area contributed by atoms with Gasteiger partial charge in [0.15, 0.2) is 0 Å². The topological polar surface area (TPSA) is 49.4 Å². The molecule has 2 rings (SSSR count). The highest BCUT2D eigenvalue weighted by Crippen LogP contribution is 2.20. The summed E-state index contributed by atoms with van der Waals surface area (Å²) in [5.74, 6) is -0.357. The van der Waals surface area contributed by atoms with Gasteiger partial charge < -0.3 is 10.2 Å². The highest BCUT2D eigenvalue weighted by Gasteiger charge is 2.15. The molecule has 0 aromatic heterocycles. The molecule has 2 aromatic carbocycles. The molecular formula is C16H16N2O2. The molecule has 0 saturated heterocycles. The molecule has 0 unspecified atom stereocenters. The molecule has 0 saturated carbocycles. The number of carbonyl (C=O) groups excluding carboxylic acids is 2. The summed E-state index contributed by atoms with van der Waals surface area (Å²) in [6.07, 6.45) is 0. The van der Waals surface area contributed by atoms with Gasteiger partial charge in [0.05, 0.1) is 11.3 Å². The molecular weight excluding hydrogens is 252 g/mol. The molecule has 0 aliphatic rings. The maximum Gasteiger partial charge on any atom is 0.257 e. The van der Waals surface area contributed by atoms with Crippen LogP contribution < -0.4 is 10.2 Å². The molecule has 1 N–H and O–H groups in total. The zero-order valence-corrected chi connectivity index (χ0v) is 11.5. The number of amides is 2. The van der Waals surface area contributed by atoms with E-state index in [-0.39, 0.29) is 11.8 Å². The Labute approximate surface area is 118 Å². The van der Waals surface area contributed by atoms with Crippen molar-refractivity contribution in [1.29, 1.82) is 0 Å². The van der Waals surface area contributed by atoms with E-state index in [4.69, 9.17) is 0 Å². The molecule has 4 heteroatoms. The lowest BCUT2D eigenvalue weighted by Crippen LogP contribution is -2.26. The fraction of sp³-hybridized carbons (Fsp3) is 0.125. The van der Waals surface area contributed by atoms with Gasteiger partial charge >= 0.3 is 0 Å². The molecule has 0 aliphatic carbocycles. The van der Waals surface area contributed by atoms with Crippen molar-refractivity contribution in [3.05, 3.63) is 60.2 Å². The van der Waals surface area contributed by atoms with Crippen LogP contribution in [0.3, 0.4) is 0 Å². The highest BCUT2D eigenvalue weighted by atomic mass is 16.2. The van der Waals surface area contributed by atoms with Crippen molar-refractivity contribution in [2.75, 3.05) is 17.3 Å². The minimum atomic E-state index is -0.236. The summed E-state index contributed by atoms with van der Waals surface area (Å²) in [7, 11) is 1.65. The third-order valence-electron chi connectivity index (χ3n) is 3.01. The second kappa shape index (κ2) is 6.02. The molecule has 0 radical (unpaired) electrons. The SMILES string of the molecule is CC(=O)N(C)c1ccccc1C(=O)Nc1ccccc1. The van der Waals surface area contributed by atoms with E-state index < -0.39 is 0 Å². The Bertz CT molecular complexity index is 623. The molecule has 2 amide bonds. The van der Waals surface area contributed by atoms with Crippen LogP contribution in [0, 0.1) is 0 Å². The van der Waals surface area contributed by atoms with E-state index in [2.05, 4.69) is 5.32 Å². The Kier molecular flexibility index (Phi) is 4.15. The van der Waals surface area contributed by atoms with Gasteiger partial charge in [0.2, 0.25) is 5.91 Å². The molecule has 0 atom stereocenters. The quantitative estimate of drug-likeness (QED) is 0.930. The molecule has 0 bridgehead atoms. The number of nitrogens with zero attached hydrogens (tertiary/aromatic N) is 1. The predicted octanol–water partition coefficient (Wildman–Crippen LogP) is 2.92. The molecule has 0 fully saturated rings. The van der Waals surface area contributed by atoms with E-state index >= 15 is 0 Å². The Balaban J connectivity index is 2.28. The first-order valence-corrected chi connectivity index (χ1v) is 6.29. The van der Waals surface area contributed by atoms with Gasteiger partial charge in [-0.25, -0.2) is 0 Å². The van der Waals surface area contributed by atoms with Crippen LogP contribution in [0.1, 0.15) is 17.3 Å². The predicted molar refractivity (Wildman–Crippen MR) is 79.9 cm³/mol. The van der Waals surface area contributed by atoms with Crippen LogP contribution in [0.25, 0.3) is 0 Å². The Morgan fingerprint density at radius 2 is 1.55 bits per heavy atom. The van der Waals surface area contributed by atoms with Gasteiger partial charge in [0, 0.05) is 19.7 Å². The maximum absolute atomic E-state index is 12.3. The van der Waals surface area contributed by atoms with Crippen LogP contribution in [0.4, 0.5) is 11.4 Å². The van der Waals surface area contributed by atoms with Gasteiger partial charge in [-0.3, -0.25) is 9.59 Å². The average molecular weight is 268 g/mol. The average Bonchev–Trinajstić information content (AvgIpc) is 2.47. The van der Waals surface area contributed by atoms with Gasteiger partial charge in [-0.05, 0) is 24.3 Å². The van der Waals surface area contributed by atoms with Gasteiger partial charge in [0.25, 0.3) is 5.91 Å². The molecule has 2 aromatic rings. The summed E-state index contributed by atoms with van der Waals surface area (Å²) in [6.45, 7) is 1.46. The summed E-state index contributed by atoms with van der Waals surface area (Å²) in [6, 6.07) is 16.2. The van der Waals surface area contributed by atoms with E-state index in [1.165, 1.54) is 11.8 Å². The molecule has 20 heavy (non-hydrogen) atoms. The summed E-state index contributed by atoms with van der Waals surface area (Å²) in [4.78, 5) is 25.2. The Morgan fingerprint density at radius 3 is 2.20 bits per heavy atom. The maximum atomic E-state index is 12.3. The number of hydrogen-bond donors (Lipinski definition) is 1. The van der Waals surface area contributed by atoms with E-state index in [9.17, 15) is 9.59 Å². The van der Waals surface area contributed by atoms with Crippen molar-refractivity contribution in [2.24, 2.45) is 0 Å². The van der Waals surface area contributed by atoms with Crippen molar-refractivity contribution in [3.63, 3.8) is 0 Å². The van der Waals surface area contributed by atoms with Crippen LogP contribution in [-0.2, 0) is 4.79 Å². The largest absolute Gasteiger partial charge is 0.322 e. The van der Waals surface area contributed by atoms with E-state index in [1.54, 1.807) is 31.3 Å². The van der Waals surface area contributed by atoms with Crippen LogP contribution in [0.15, 0.2) is 54.6 Å². The van der Waals surface area contributed by atoms with Crippen LogP contribution >= 0.6 is 0 Å². The molecule has 0 heterocycles. The second-order valence-electron chi connectivity index (χ2n) is 4.42. The van der Waals surface area contributed by atoms with Crippen molar-refractivity contribution >= 4 is 23.2 Å². The number of anilines is 2. The summed E-state index contributed by atoms with van der Waals surface area (Å²) in [5, 5.41) is 2.82. The van der Waals surface area contributed by atoms with E-state index in [0.717, 1.165) is 5.69 Å². The first-order valence-electron chi connectivity index (χ1n) is 6.29. The number of rotatable bonds is 3. The fourth-order valence-corrected chi connectivity index (χ4v) is 1.85. The van der Waals surface area contributed by atoms with Crippen LogP contribution in [0.2, 0.25) is 0 Å². The molecule has 102 valence electrons. The third kappa shape index (κ3) is 3.03. The van der Waals surface area contributed by atoms with E-state index in [0.29, 0.717) is 11.3 Å². The minimum Gasteiger partial charge on any atom is -0.322 e. The first-order chi connectivity index (χ1) is 9.59. The number of nitrogens with one attached hydrogen (secondary N) is 1. The van der Waals surface area contributed by atoms with Crippen molar-refractivity contribution < 1.29 is 9.59 Å². The lowest BCUT2D eigenvalue weighted by Gasteiger charge is -2.18. The lowest BCUT2D eigenvalue weighted by atomic mass is 10.1. The Morgan fingerprint density at radius 1 is 0.950 bits per heavy atom. The van der Waals surface area contributed by atoms with Crippen LogP contribution in [0.5, 0.6) is 0 Å². The smallest absolute Gasteiger partial charge is 0.257 e. The zero-order valence-electron chi connectivity index (χ0n) is 11.5. The summed E-state index contributed by atoms with van der Waals surface area (Å²) >= 11 is 0. The molecule has 0 aliphatic heterocycles. The van der Waals surface area contributed by atoms with Gasteiger partial charge in [-0.2, -0.15) is 0 Å². The monoisotopic (exact) mass is 268 g/mol. The number of para-hydroxylation sites is 2. The summed E-state index contributed by atoms with van der Waals surface area (Å²) < 4.78 is 0. The molecule has 4 nitrogen and oxygen atoms in total. The lowest BCUT2D eigenvalue weighted by molar-refractivity contribution is -0.116. The van der Waals surface area contributed by atoms with Crippen LogP contribution in [-0.4, -0.2) is 18.9 Å². The van der Waals surface area contributed by atoms with Crippen molar-refractivity contribution in [1.82, 2.24) is 0 Å². The Hall–Kier alpha value is -2.62. The molecule has 0 spiro atoms. The fourth-order valence-electron chi connectivity index (χ4n) is 1.85. The number of carbonyl (C=O) groups is 2. The van der Waals surface area contributed by atoms with Crippen molar-refractivity contribution in [3.8, 4) is 0 Å².